The Kier molecular flexibility index (Phi) is 6.14. The molecule has 4 rings (SSSR count). The van der Waals surface area contributed by atoms with Crippen molar-refractivity contribution in [3.05, 3.63) is 69.7 Å². The highest BCUT2D eigenvalue weighted by Crippen LogP contribution is 2.34. The molecule has 0 unspecified atom stereocenters. The molecule has 5 nitrogen and oxygen atoms in total. The quantitative estimate of drug-likeness (QED) is 0.638. The molecule has 7 heteroatoms. The molecule has 0 amide bonds. The first-order chi connectivity index (χ1) is 14.3. The van der Waals surface area contributed by atoms with E-state index in [1.54, 1.807) is 19.1 Å². The number of hydrogen-bond donors (Lipinski definition) is 1. The second-order valence-electron chi connectivity index (χ2n) is 8.16. The van der Waals surface area contributed by atoms with Gasteiger partial charge >= 0.3 is 0 Å². The van der Waals surface area contributed by atoms with Gasteiger partial charge in [0.1, 0.15) is 10.7 Å². The summed E-state index contributed by atoms with van der Waals surface area (Å²) in [6.07, 6.45) is 2.53. The van der Waals surface area contributed by atoms with Crippen molar-refractivity contribution in [3.63, 3.8) is 0 Å². The summed E-state index contributed by atoms with van der Waals surface area (Å²) in [5.41, 5.74) is 3.35. The SMILES string of the molecule is CC1=C(c2cccc(Br)c2)S(=O)(=O)N=C1Nc1ccc(CN2CCC(C)CC2)cc1. The first-order valence-corrected chi connectivity index (χ1v) is 12.5. The van der Waals surface area contributed by atoms with Crippen LogP contribution in [-0.4, -0.2) is 32.2 Å². The summed E-state index contributed by atoms with van der Waals surface area (Å²) >= 11 is 3.41. The van der Waals surface area contributed by atoms with Crippen LogP contribution in [0.3, 0.4) is 0 Å². The van der Waals surface area contributed by atoms with Crippen molar-refractivity contribution < 1.29 is 8.42 Å². The summed E-state index contributed by atoms with van der Waals surface area (Å²) in [5.74, 6) is 1.21. The lowest BCUT2D eigenvalue weighted by Gasteiger charge is -2.30. The lowest BCUT2D eigenvalue weighted by molar-refractivity contribution is 0.185. The fourth-order valence-electron chi connectivity index (χ4n) is 3.96. The monoisotopic (exact) mass is 487 g/mol. The third-order valence-corrected chi connectivity index (χ3v) is 7.73. The lowest BCUT2D eigenvalue weighted by atomic mass is 9.99. The summed E-state index contributed by atoms with van der Waals surface area (Å²) in [6.45, 7) is 7.37. The second-order valence-corrected chi connectivity index (χ2v) is 10.6. The van der Waals surface area contributed by atoms with Crippen LogP contribution in [0, 0.1) is 5.92 Å². The predicted molar refractivity (Wildman–Crippen MR) is 127 cm³/mol. The van der Waals surface area contributed by atoms with Gasteiger partial charge in [-0.1, -0.05) is 47.1 Å². The van der Waals surface area contributed by atoms with E-state index in [1.807, 2.05) is 24.3 Å². The Hall–Kier alpha value is -1.96. The minimum Gasteiger partial charge on any atom is -0.339 e. The summed E-state index contributed by atoms with van der Waals surface area (Å²) in [7, 11) is -3.73. The molecule has 2 aliphatic heterocycles. The van der Waals surface area contributed by atoms with Crippen molar-refractivity contribution in [1.29, 1.82) is 0 Å². The van der Waals surface area contributed by atoms with Crippen LogP contribution in [-0.2, 0) is 16.6 Å². The van der Waals surface area contributed by atoms with Gasteiger partial charge in [0.15, 0.2) is 0 Å². The summed E-state index contributed by atoms with van der Waals surface area (Å²) < 4.78 is 30.2. The number of nitrogens with one attached hydrogen (secondary N) is 1. The Morgan fingerprint density at radius 2 is 1.83 bits per heavy atom. The summed E-state index contributed by atoms with van der Waals surface area (Å²) in [4.78, 5) is 2.75. The van der Waals surface area contributed by atoms with Gasteiger partial charge in [0, 0.05) is 22.3 Å². The van der Waals surface area contributed by atoms with E-state index < -0.39 is 10.0 Å². The zero-order valence-corrected chi connectivity index (χ0v) is 19.6. The molecule has 158 valence electrons. The van der Waals surface area contributed by atoms with Crippen LogP contribution in [0.15, 0.2) is 63.0 Å². The van der Waals surface area contributed by atoms with E-state index >= 15 is 0 Å². The van der Waals surface area contributed by atoms with E-state index in [2.05, 4.69) is 49.6 Å². The van der Waals surface area contributed by atoms with Gasteiger partial charge in [0.05, 0.1) is 0 Å². The van der Waals surface area contributed by atoms with Gasteiger partial charge in [0.2, 0.25) is 0 Å². The topological polar surface area (TPSA) is 61.8 Å². The molecule has 0 atom stereocenters. The van der Waals surface area contributed by atoms with Gasteiger partial charge in [-0.2, -0.15) is 8.42 Å². The van der Waals surface area contributed by atoms with E-state index in [-0.39, 0.29) is 4.91 Å². The number of nitrogens with zero attached hydrogens (tertiary/aromatic N) is 2. The molecule has 0 aromatic heterocycles. The Morgan fingerprint density at radius 3 is 2.50 bits per heavy atom. The zero-order valence-electron chi connectivity index (χ0n) is 17.2. The van der Waals surface area contributed by atoms with Crippen molar-refractivity contribution in [2.24, 2.45) is 10.3 Å². The average Bonchev–Trinajstić information content (AvgIpc) is 2.93. The van der Waals surface area contributed by atoms with E-state index in [0.717, 1.165) is 35.7 Å². The van der Waals surface area contributed by atoms with Crippen LogP contribution >= 0.6 is 15.9 Å². The Balaban J connectivity index is 1.49. The maximum atomic E-state index is 12.7. The Morgan fingerprint density at radius 1 is 1.13 bits per heavy atom. The summed E-state index contributed by atoms with van der Waals surface area (Å²) in [6, 6.07) is 15.4. The maximum Gasteiger partial charge on any atom is 0.285 e. The van der Waals surface area contributed by atoms with E-state index in [1.165, 1.54) is 18.4 Å². The highest BCUT2D eigenvalue weighted by Gasteiger charge is 2.31. The number of amidine groups is 1. The second kappa shape index (κ2) is 8.65. The molecule has 0 radical (unpaired) electrons. The van der Waals surface area contributed by atoms with Gasteiger partial charge in [-0.15, -0.1) is 4.40 Å². The average molecular weight is 488 g/mol. The molecule has 0 aliphatic carbocycles. The third-order valence-electron chi connectivity index (χ3n) is 5.75. The summed E-state index contributed by atoms with van der Waals surface area (Å²) in [5, 5.41) is 3.18. The molecule has 0 saturated carbocycles. The van der Waals surface area contributed by atoms with Crippen molar-refractivity contribution in [1.82, 2.24) is 4.90 Å². The number of anilines is 1. The van der Waals surface area contributed by atoms with Crippen LogP contribution in [0.5, 0.6) is 0 Å². The van der Waals surface area contributed by atoms with Crippen LogP contribution in [0.2, 0.25) is 0 Å². The standard InChI is InChI=1S/C23H26BrN3O2S/c1-16-10-12-27(13-11-16)15-18-6-8-21(9-7-18)25-23-17(2)22(30(28,29)26-23)19-4-3-5-20(24)14-19/h3-9,14,16H,10-13,15H2,1-2H3,(H,25,26). The molecule has 0 bridgehead atoms. The minimum atomic E-state index is -3.73. The number of likely N-dealkylation sites (tertiary alicyclic amines) is 1. The van der Waals surface area contributed by atoms with E-state index in [0.29, 0.717) is 17.0 Å². The lowest BCUT2D eigenvalue weighted by Crippen LogP contribution is -2.32. The predicted octanol–water partition coefficient (Wildman–Crippen LogP) is 5.27. The fraction of sp³-hybridized carbons (Fsp3) is 0.348. The number of piperidine rings is 1. The van der Waals surface area contributed by atoms with Gasteiger partial charge in [-0.3, -0.25) is 4.90 Å². The number of rotatable bonds is 4. The normalized spacial score (nSPS) is 19.8. The number of benzene rings is 2. The molecule has 2 aromatic carbocycles. The van der Waals surface area contributed by atoms with E-state index in [4.69, 9.17) is 0 Å². The van der Waals surface area contributed by atoms with Gasteiger partial charge in [-0.05, 0) is 74.2 Å². The van der Waals surface area contributed by atoms with Crippen molar-refractivity contribution in [2.45, 2.75) is 33.2 Å². The number of halogens is 1. The maximum absolute atomic E-state index is 12.7. The van der Waals surface area contributed by atoms with Gasteiger partial charge in [0.25, 0.3) is 10.0 Å². The van der Waals surface area contributed by atoms with Crippen molar-refractivity contribution in [3.8, 4) is 0 Å². The largest absolute Gasteiger partial charge is 0.339 e. The fourth-order valence-corrected chi connectivity index (χ4v) is 5.78. The highest BCUT2D eigenvalue weighted by molar-refractivity contribution is 9.10. The molecule has 30 heavy (non-hydrogen) atoms. The van der Waals surface area contributed by atoms with Crippen molar-refractivity contribution in [2.75, 3.05) is 18.4 Å². The number of sulfonamides is 1. The molecular formula is C23H26BrN3O2S. The van der Waals surface area contributed by atoms with E-state index in [9.17, 15) is 8.42 Å². The first kappa shape index (κ1) is 21.3. The van der Waals surface area contributed by atoms with Crippen LogP contribution in [0.4, 0.5) is 5.69 Å². The van der Waals surface area contributed by atoms with Crippen LogP contribution < -0.4 is 5.32 Å². The van der Waals surface area contributed by atoms with Gasteiger partial charge < -0.3 is 5.32 Å². The van der Waals surface area contributed by atoms with Crippen LogP contribution in [0.1, 0.15) is 37.8 Å². The third kappa shape index (κ3) is 4.68. The Bertz CT molecular complexity index is 1100. The smallest absolute Gasteiger partial charge is 0.285 e. The number of hydrogen-bond acceptors (Lipinski definition) is 4. The minimum absolute atomic E-state index is 0.252. The zero-order chi connectivity index (χ0) is 21.3. The molecule has 2 heterocycles. The molecule has 0 spiro atoms. The first-order valence-electron chi connectivity index (χ1n) is 10.2. The van der Waals surface area contributed by atoms with Crippen molar-refractivity contribution >= 4 is 42.4 Å². The molecule has 1 saturated heterocycles. The molecular weight excluding hydrogens is 462 g/mol. The molecule has 2 aliphatic rings. The Labute approximate surface area is 187 Å². The molecule has 1 N–H and O–H groups in total. The van der Waals surface area contributed by atoms with Crippen LogP contribution in [0.25, 0.3) is 4.91 Å². The van der Waals surface area contributed by atoms with Gasteiger partial charge in [-0.25, -0.2) is 0 Å². The highest BCUT2D eigenvalue weighted by atomic mass is 79.9. The molecule has 2 aromatic rings. The molecule has 1 fully saturated rings.